The van der Waals surface area contributed by atoms with E-state index in [0.29, 0.717) is 18.2 Å². The van der Waals surface area contributed by atoms with Crippen molar-refractivity contribution in [2.24, 2.45) is 10.1 Å². The topological polar surface area (TPSA) is 128 Å². The van der Waals surface area contributed by atoms with Crippen LogP contribution < -0.4 is 10.5 Å². The summed E-state index contributed by atoms with van der Waals surface area (Å²) in [6.45, 7) is 2.80. The van der Waals surface area contributed by atoms with Crippen LogP contribution in [0.4, 0.5) is 11.6 Å². The minimum Gasteiger partial charge on any atom is -0.323 e. The third kappa shape index (κ3) is 3.07. The zero-order valence-corrected chi connectivity index (χ0v) is 17.5. The SMILES string of the molecule is CC1=NCc2cc3cnc(Nc4ccc(S(N)(=O)=O)nc4)nc3n2C12CCCCC2. The number of primary sulfonamides is 1. The molecule has 1 fully saturated rings. The highest BCUT2D eigenvalue weighted by Crippen LogP contribution is 2.42. The molecule has 2 aliphatic rings. The van der Waals surface area contributed by atoms with Crippen LogP contribution in [0.5, 0.6) is 0 Å². The van der Waals surface area contributed by atoms with Crippen LogP contribution >= 0.6 is 0 Å². The van der Waals surface area contributed by atoms with Crippen LogP contribution in [0, 0.1) is 0 Å². The monoisotopic (exact) mass is 425 g/mol. The minimum absolute atomic E-state index is 0.0993. The van der Waals surface area contributed by atoms with Gasteiger partial charge < -0.3 is 9.88 Å². The summed E-state index contributed by atoms with van der Waals surface area (Å²) in [7, 11) is -3.83. The largest absolute Gasteiger partial charge is 0.323 e. The number of nitrogens with one attached hydrogen (secondary N) is 1. The van der Waals surface area contributed by atoms with Crippen LogP contribution in [-0.2, 0) is 22.1 Å². The number of rotatable bonds is 3. The van der Waals surface area contributed by atoms with Crippen molar-refractivity contribution in [2.75, 3.05) is 5.32 Å². The van der Waals surface area contributed by atoms with E-state index in [9.17, 15) is 8.42 Å². The molecule has 0 saturated heterocycles. The van der Waals surface area contributed by atoms with Gasteiger partial charge in [0.05, 0.1) is 24.0 Å². The average molecular weight is 426 g/mol. The number of hydrogen-bond donors (Lipinski definition) is 2. The summed E-state index contributed by atoms with van der Waals surface area (Å²) in [5.41, 5.74) is 3.73. The first-order valence-corrected chi connectivity index (χ1v) is 11.6. The molecule has 3 N–H and O–H groups in total. The highest BCUT2D eigenvalue weighted by molar-refractivity contribution is 7.89. The Bertz CT molecular complexity index is 1260. The number of aliphatic imine (C=N–C) groups is 1. The van der Waals surface area contributed by atoms with E-state index in [1.807, 2.05) is 6.20 Å². The number of nitrogens with zero attached hydrogens (tertiary/aromatic N) is 5. The number of sulfonamides is 1. The van der Waals surface area contributed by atoms with Crippen molar-refractivity contribution in [1.29, 1.82) is 0 Å². The molecule has 0 radical (unpaired) electrons. The molecule has 0 amide bonds. The van der Waals surface area contributed by atoms with E-state index in [4.69, 9.17) is 15.1 Å². The fraction of sp³-hybridized carbons (Fsp3) is 0.400. The van der Waals surface area contributed by atoms with Crippen LogP contribution in [0.25, 0.3) is 11.0 Å². The molecule has 1 saturated carbocycles. The highest BCUT2D eigenvalue weighted by atomic mass is 32.2. The molecule has 9 nitrogen and oxygen atoms in total. The lowest BCUT2D eigenvalue weighted by molar-refractivity contribution is 0.274. The van der Waals surface area contributed by atoms with Gasteiger partial charge in [0.25, 0.3) is 10.0 Å². The molecule has 30 heavy (non-hydrogen) atoms. The van der Waals surface area contributed by atoms with Crippen LogP contribution in [0.2, 0.25) is 0 Å². The van der Waals surface area contributed by atoms with Gasteiger partial charge >= 0.3 is 0 Å². The van der Waals surface area contributed by atoms with Crippen molar-refractivity contribution in [3.63, 3.8) is 0 Å². The molecule has 0 aromatic carbocycles. The van der Waals surface area contributed by atoms with Crippen molar-refractivity contribution in [2.45, 2.75) is 56.1 Å². The second kappa shape index (κ2) is 6.85. The standard InChI is InChI=1S/C20H23N7O2S/c1-13-20(7-3-2-4-8-20)27-16(12-22-13)9-14-10-24-19(26-18(14)27)25-15-5-6-17(23-11-15)30(21,28)29/h5-6,9-11H,2-4,7-8,12H2,1H3,(H2,21,28,29)(H,24,25,26). The van der Waals surface area contributed by atoms with Gasteiger partial charge in [-0.15, -0.1) is 0 Å². The summed E-state index contributed by atoms with van der Waals surface area (Å²) in [4.78, 5) is 18.0. The summed E-state index contributed by atoms with van der Waals surface area (Å²) in [5, 5.41) is 9.03. The molecule has 1 aliphatic heterocycles. The normalized spacial score (nSPS) is 18.3. The van der Waals surface area contributed by atoms with Crippen LogP contribution in [0.1, 0.15) is 44.7 Å². The number of pyridine rings is 1. The average Bonchev–Trinajstić information content (AvgIpc) is 3.10. The molecule has 156 valence electrons. The van der Waals surface area contributed by atoms with E-state index in [2.05, 4.69) is 32.8 Å². The Labute approximate surface area is 174 Å². The first-order chi connectivity index (χ1) is 14.4. The number of hydrogen-bond acceptors (Lipinski definition) is 7. The molecule has 0 unspecified atom stereocenters. The van der Waals surface area contributed by atoms with Gasteiger partial charge in [-0.1, -0.05) is 19.3 Å². The summed E-state index contributed by atoms with van der Waals surface area (Å²) in [6, 6.07) is 5.08. The predicted octanol–water partition coefficient (Wildman–Crippen LogP) is 2.85. The number of nitrogens with two attached hydrogens (primary N) is 1. The molecule has 3 aromatic rings. The fourth-order valence-corrected chi connectivity index (χ4v) is 5.14. The molecule has 0 bridgehead atoms. The highest BCUT2D eigenvalue weighted by Gasteiger charge is 2.41. The van der Waals surface area contributed by atoms with Crippen molar-refractivity contribution in [3.8, 4) is 0 Å². The van der Waals surface area contributed by atoms with Gasteiger partial charge in [0.1, 0.15) is 5.65 Å². The smallest absolute Gasteiger partial charge is 0.255 e. The Morgan fingerprint density at radius 2 is 1.93 bits per heavy atom. The first kappa shape index (κ1) is 19.1. The van der Waals surface area contributed by atoms with Gasteiger partial charge in [-0.3, -0.25) is 4.99 Å². The molecular weight excluding hydrogens is 402 g/mol. The maximum Gasteiger partial charge on any atom is 0.255 e. The van der Waals surface area contributed by atoms with E-state index >= 15 is 0 Å². The van der Waals surface area contributed by atoms with E-state index < -0.39 is 10.0 Å². The zero-order valence-electron chi connectivity index (χ0n) is 16.7. The van der Waals surface area contributed by atoms with Crippen LogP contribution in [0.3, 0.4) is 0 Å². The van der Waals surface area contributed by atoms with E-state index in [1.54, 1.807) is 6.07 Å². The van der Waals surface area contributed by atoms with Gasteiger partial charge in [-0.05, 0) is 38.0 Å². The number of aromatic nitrogens is 4. The van der Waals surface area contributed by atoms with Gasteiger partial charge in [0.15, 0.2) is 5.03 Å². The van der Waals surface area contributed by atoms with Gasteiger partial charge in [-0.25, -0.2) is 23.5 Å². The quantitative estimate of drug-likeness (QED) is 0.664. The first-order valence-electron chi connectivity index (χ1n) is 10.0. The Balaban J connectivity index is 1.54. The Morgan fingerprint density at radius 1 is 1.13 bits per heavy atom. The van der Waals surface area contributed by atoms with Crippen LogP contribution in [-0.4, -0.2) is 33.6 Å². The summed E-state index contributed by atoms with van der Waals surface area (Å²) in [5.74, 6) is 0.430. The molecule has 1 aliphatic carbocycles. The maximum atomic E-state index is 11.4. The molecule has 3 aromatic heterocycles. The molecule has 5 rings (SSSR count). The lowest BCUT2D eigenvalue weighted by Crippen LogP contribution is -2.45. The summed E-state index contributed by atoms with van der Waals surface area (Å²) < 4.78 is 25.1. The van der Waals surface area contributed by atoms with Crippen molar-refractivity contribution in [1.82, 2.24) is 19.5 Å². The Morgan fingerprint density at radius 3 is 2.63 bits per heavy atom. The predicted molar refractivity (Wildman–Crippen MR) is 114 cm³/mol. The Hall–Kier alpha value is -2.85. The molecule has 4 heterocycles. The lowest BCUT2D eigenvalue weighted by atomic mass is 9.77. The lowest BCUT2D eigenvalue weighted by Gasteiger charge is -2.42. The van der Waals surface area contributed by atoms with E-state index in [1.165, 1.54) is 42.9 Å². The summed E-state index contributed by atoms with van der Waals surface area (Å²) >= 11 is 0. The van der Waals surface area contributed by atoms with Crippen molar-refractivity contribution in [3.05, 3.63) is 36.3 Å². The molecule has 1 spiro atoms. The van der Waals surface area contributed by atoms with E-state index in [0.717, 1.165) is 23.9 Å². The second-order valence-corrected chi connectivity index (χ2v) is 9.50. The number of fused-ring (bicyclic) bond motifs is 4. The van der Waals surface area contributed by atoms with Crippen molar-refractivity contribution >= 4 is 38.4 Å². The van der Waals surface area contributed by atoms with Crippen molar-refractivity contribution < 1.29 is 8.42 Å². The molecule has 10 heteroatoms. The van der Waals surface area contributed by atoms with Gasteiger partial charge in [0, 0.05) is 23.0 Å². The molecule has 0 atom stereocenters. The van der Waals surface area contributed by atoms with Crippen LogP contribution in [0.15, 0.2) is 40.6 Å². The zero-order chi connectivity index (χ0) is 20.9. The molecular formula is C20H23N7O2S. The third-order valence-corrected chi connectivity index (χ3v) is 6.99. The van der Waals surface area contributed by atoms with Gasteiger partial charge in [-0.2, -0.15) is 4.98 Å². The third-order valence-electron chi connectivity index (χ3n) is 6.16. The van der Waals surface area contributed by atoms with E-state index in [-0.39, 0.29) is 10.6 Å². The van der Waals surface area contributed by atoms with Gasteiger partial charge in [0.2, 0.25) is 5.95 Å². The Kier molecular flexibility index (Phi) is 4.37. The fourth-order valence-electron chi connectivity index (χ4n) is 4.68. The number of anilines is 2. The maximum absolute atomic E-state index is 11.4. The summed E-state index contributed by atoms with van der Waals surface area (Å²) in [6.07, 6.45) is 8.99. The minimum atomic E-state index is -3.83. The second-order valence-electron chi connectivity index (χ2n) is 7.99.